The van der Waals surface area contributed by atoms with Crippen LogP contribution in [0.5, 0.6) is 5.75 Å². The normalized spacial score (nSPS) is 16.7. The minimum absolute atomic E-state index is 0.0836. The van der Waals surface area contributed by atoms with E-state index in [0.717, 1.165) is 11.6 Å². The number of hydrogen-bond acceptors (Lipinski definition) is 5. The Balaban J connectivity index is 1.84. The third kappa shape index (κ3) is 4.88. The maximum atomic E-state index is 13.3. The van der Waals surface area contributed by atoms with Crippen molar-refractivity contribution in [3.05, 3.63) is 59.4 Å². The SMILES string of the molecule is COc1cccc([C@@H](CNS(=O)(=O)c2ccc(F)cc2C)N2CCOCC2)c1. The highest BCUT2D eigenvalue weighted by Crippen LogP contribution is 2.26. The molecule has 0 bridgehead atoms. The summed E-state index contributed by atoms with van der Waals surface area (Å²) in [4.78, 5) is 2.28. The first-order chi connectivity index (χ1) is 13.4. The molecule has 0 aliphatic carbocycles. The number of aryl methyl sites for hydroxylation is 1. The summed E-state index contributed by atoms with van der Waals surface area (Å²) < 4.78 is 52.4. The molecule has 2 aromatic carbocycles. The third-order valence-electron chi connectivity index (χ3n) is 4.86. The molecule has 1 aliphatic heterocycles. The molecule has 1 fully saturated rings. The van der Waals surface area contributed by atoms with Crippen molar-refractivity contribution in [2.45, 2.75) is 17.9 Å². The molecule has 0 unspecified atom stereocenters. The van der Waals surface area contributed by atoms with Crippen molar-refractivity contribution in [2.75, 3.05) is 40.0 Å². The smallest absolute Gasteiger partial charge is 0.240 e. The van der Waals surface area contributed by atoms with Gasteiger partial charge in [0.15, 0.2) is 0 Å². The summed E-state index contributed by atoms with van der Waals surface area (Å²) >= 11 is 0. The Hall–Kier alpha value is -2.00. The van der Waals surface area contributed by atoms with Gasteiger partial charge in [0.25, 0.3) is 0 Å². The molecule has 8 heteroatoms. The molecule has 1 saturated heterocycles. The van der Waals surface area contributed by atoms with E-state index in [2.05, 4.69) is 9.62 Å². The van der Waals surface area contributed by atoms with Crippen molar-refractivity contribution in [1.82, 2.24) is 9.62 Å². The number of nitrogens with one attached hydrogen (secondary N) is 1. The van der Waals surface area contributed by atoms with E-state index < -0.39 is 15.8 Å². The summed E-state index contributed by atoms with van der Waals surface area (Å²) in [7, 11) is -2.17. The number of morpholine rings is 1. The van der Waals surface area contributed by atoms with Crippen LogP contribution in [0.1, 0.15) is 17.2 Å². The van der Waals surface area contributed by atoms with E-state index in [9.17, 15) is 12.8 Å². The van der Waals surface area contributed by atoms with Crippen LogP contribution in [-0.2, 0) is 14.8 Å². The number of sulfonamides is 1. The van der Waals surface area contributed by atoms with Crippen LogP contribution in [0.4, 0.5) is 4.39 Å². The summed E-state index contributed by atoms with van der Waals surface area (Å²) in [5.74, 6) is 0.256. The Labute approximate surface area is 165 Å². The molecule has 0 radical (unpaired) electrons. The second kappa shape index (κ2) is 9.00. The van der Waals surface area contributed by atoms with Crippen molar-refractivity contribution >= 4 is 10.0 Å². The lowest BCUT2D eigenvalue weighted by molar-refractivity contribution is 0.0171. The second-order valence-electron chi connectivity index (χ2n) is 6.70. The quantitative estimate of drug-likeness (QED) is 0.763. The van der Waals surface area contributed by atoms with E-state index in [0.29, 0.717) is 37.6 Å². The number of ether oxygens (including phenoxy) is 2. The van der Waals surface area contributed by atoms with Gasteiger partial charge in [0, 0.05) is 25.7 Å². The van der Waals surface area contributed by atoms with Crippen LogP contribution in [0.2, 0.25) is 0 Å². The number of methoxy groups -OCH3 is 1. The molecule has 6 nitrogen and oxygen atoms in total. The van der Waals surface area contributed by atoms with Crippen LogP contribution in [0.25, 0.3) is 0 Å². The summed E-state index contributed by atoms with van der Waals surface area (Å²) in [6, 6.07) is 11.1. The number of nitrogens with zero attached hydrogens (tertiary/aromatic N) is 1. The molecule has 1 atom stereocenters. The maximum Gasteiger partial charge on any atom is 0.240 e. The van der Waals surface area contributed by atoms with Crippen LogP contribution in [0.3, 0.4) is 0 Å². The number of benzene rings is 2. The fourth-order valence-corrected chi connectivity index (χ4v) is 4.64. The van der Waals surface area contributed by atoms with Gasteiger partial charge in [-0.1, -0.05) is 12.1 Å². The number of halogens is 1. The molecular weight excluding hydrogens is 383 g/mol. The molecule has 28 heavy (non-hydrogen) atoms. The molecule has 2 aromatic rings. The van der Waals surface area contributed by atoms with Gasteiger partial charge in [-0.15, -0.1) is 0 Å². The Bertz CT molecular complexity index is 914. The summed E-state index contributed by atoms with van der Waals surface area (Å²) in [6.07, 6.45) is 0. The molecule has 0 spiro atoms. The van der Waals surface area contributed by atoms with Gasteiger partial charge in [0.05, 0.1) is 25.2 Å². The van der Waals surface area contributed by atoms with Crippen molar-refractivity contribution < 1.29 is 22.3 Å². The zero-order chi connectivity index (χ0) is 20.1. The van der Waals surface area contributed by atoms with Gasteiger partial charge in [-0.2, -0.15) is 0 Å². The van der Waals surface area contributed by atoms with Crippen molar-refractivity contribution in [2.24, 2.45) is 0 Å². The van der Waals surface area contributed by atoms with Gasteiger partial charge in [0.1, 0.15) is 11.6 Å². The second-order valence-corrected chi connectivity index (χ2v) is 8.44. The van der Waals surface area contributed by atoms with Gasteiger partial charge in [-0.3, -0.25) is 4.90 Å². The molecule has 152 valence electrons. The zero-order valence-electron chi connectivity index (χ0n) is 16.0. The Morgan fingerprint density at radius 3 is 2.64 bits per heavy atom. The minimum Gasteiger partial charge on any atom is -0.497 e. The average molecular weight is 408 g/mol. The van der Waals surface area contributed by atoms with E-state index >= 15 is 0 Å². The van der Waals surface area contributed by atoms with Gasteiger partial charge in [-0.25, -0.2) is 17.5 Å². The van der Waals surface area contributed by atoms with Crippen molar-refractivity contribution in [3.8, 4) is 5.75 Å². The fraction of sp³-hybridized carbons (Fsp3) is 0.400. The topological polar surface area (TPSA) is 67.9 Å². The van der Waals surface area contributed by atoms with E-state index in [1.807, 2.05) is 24.3 Å². The number of hydrogen-bond donors (Lipinski definition) is 1. The van der Waals surface area contributed by atoms with Gasteiger partial charge >= 0.3 is 0 Å². The average Bonchev–Trinajstić information content (AvgIpc) is 2.69. The Morgan fingerprint density at radius 1 is 1.21 bits per heavy atom. The molecule has 3 rings (SSSR count). The maximum absolute atomic E-state index is 13.3. The highest BCUT2D eigenvalue weighted by Gasteiger charge is 2.26. The first-order valence-electron chi connectivity index (χ1n) is 9.12. The van der Waals surface area contributed by atoms with Crippen LogP contribution < -0.4 is 9.46 Å². The standard InChI is InChI=1S/C20H25FN2O4S/c1-15-12-17(21)6-7-20(15)28(24,25)22-14-19(23-8-10-27-11-9-23)16-4-3-5-18(13-16)26-2/h3-7,12-13,19,22H,8-11,14H2,1-2H3/t19-/m1/s1. The van der Waals surface area contributed by atoms with Gasteiger partial charge in [0.2, 0.25) is 10.0 Å². The molecule has 0 aromatic heterocycles. The largest absolute Gasteiger partial charge is 0.497 e. The van der Waals surface area contributed by atoms with Crippen LogP contribution in [-0.4, -0.2) is 53.3 Å². The van der Waals surface area contributed by atoms with Gasteiger partial charge < -0.3 is 9.47 Å². The van der Waals surface area contributed by atoms with Crippen molar-refractivity contribution in [3.63, 3.8) is 0 Å². The van der Waals surface area contributed by atoms with Gasteiger partial charge in [-0.05, 0) is 48.4 Å². The summed E-state index contributed by atoms with van der Waals surface area (Å²) in [6.45, 7) is 4.39. The van der Waals surface area contributed by atoms with Crippen LogP contribution in [0, 0.1) is 12.7 Å². The molecule has 1 N–H and O–H groups in total. The predicted octanol–water partition coefficient (Wildman–Crippen LogP) is 2.49. The van der Waals surface area contributed by atoms with E-state index in [4.69, 9.17) is 9.47 Å². The first kappa shape index (κ1) is 20.7. The third-order valence-corrected chi connectivity index (χ3v) is 6.44. The summed E-state index contributed by atoms with van der Waals surface area (Å²) in [5, 5.41) is 0. The lowest BCUT2D eigenvalue weighted by atomic mass is 10.0. The lowest BCUT2D eigenvalue weighted by Gasteiger charge is -2.35. The zero-order valence-corrected chi connectivity index (χ0v) is 16.8. The van der Waals surface area contributed by atoms with E-state index in [1.54, 1.807) is 14.0 Å². The van der Waals surface area contributed by atoms with Crippen molar-refractivity contribution in [1.29, 1.82) is 0 Å². The monoisotopic (exact) mass is 408 g/mol. The molecule has 0 saturated carbocycles. The molecular formula is C20H25FN2O4S. The van der Waals surface area contributed by atoms with E-state index in [-0.39, 0.29) is 17.5 Å². The highest BCUT2D eigenvalue weighted by atomic mass is 32.2. The lowest BCUT2D eigenvalue weighted by Crippen LogP contribution is -2.43. The highest BCUT2D eigenvalue weighted by molar-refractivity contribution is 7.89. The molecule has 0 amide bonds. The first-order valence-corrected chi connectivity index (χ1v) is 10.6. The van der Waals surface area contributed by atoms with Crippen LogP contribution in [0.15, 0.2) is 47.4 Å². The predicted molar refractivity (Wildman–Crippen MR) is 104 cm³/mol. The van der Waals surface area contributed by atoms with Crippen LogP contribution >= 0.6 is 0 Å². The Morgan fingerprint density at radius 2 is 1.96 bits per heavy atom. The van der Waals surface area contributed by atoms with E-state index in [1.165, 1.54) is 12.1 Å². The minimum atomic E-state index is -3.77. The molecule has 1 heterocycles. The number of rotatable bonds is 7. The Kier molecular flexibility index (Phi) is 6.66. The summed E-state index contributed by atoms with van der Waals surface area (Å²) in [5.41, 5.74) is 1.33. The fourth-order valence-electron chi connectivity index (χ4n) is 3.38. The molecule has 1 aliphatic rings.